The second-order valence-corrected chi connectivity index (χ2v) is 5.44. The van der Waals surface area contributed by atoms with E-state index in [-0.39, 0.29) is 30.8 Å². The van der Waals surface area contributed by atoms with Crippen LogP contribution in [0.25, 0.3) is 0 Å². The summed E-state index contributed by atoms with van der Waals surface area (Å²) in [6.45, 7) is 3.96. The Morgan fingerprint density at radius 1 is 1.25 bits per heavy atom. The fraction of sp³-hybridized carbons (Fsp3) is 0.857. The number of halogens is 1. The quantitative estimate of drug-likeness (QED) is 0.770. The monoisotopic (exact) mass is 305 g/mol. The van der Waals surface area contributed by atoms with Crippen LogP contribution in [0.15, 0.2) is 0 Å². The summed E-state index contributed by atoms with van der Waals surface area (Å²) in [7, 11) is 3.44. The Morgan fingerprint density at radius 2 is 1.95 bits per heavy atom. The van der Waals surface area contributed by atoms with E-state index in [1.165, 1.54) is 11.3 Å². The Hall–Kier alpha value is -0.810. The molecule has 1 fully saturated rings. The minimum atomic E-state index is -0.0132. The van der Waals surface area contributed by atoms with Crippen molar-refractivity contribution in [2.24, 2.45) is 0 Å². The maximum atomic E-state index is 12.2. The number of carbonyl (C=O) groups is 2. The first-order chi connectivity index (χ1) is 9.04. The number of likely N-dealkylation sites (N-methyl/N-ethyl adjacent to an activating group) is 1. The molecule has 2 amide bonds. The minimum Gasteiger partial charge on any atom is -0.347 e. The first kappa shape index (κ1) is 19.2. The summed E-state index contributed by atoms with van der Waals surface area (Å²) in [5.74, 6) is 0.0894. The van der Waals surface area contributed by atoms with Crippen molar-refractivity contribution in [1.82, 2.24) is 15.1 Å². The van der Waals surface area contributed by atoms with Crippen LogP contribution in [0.4, 0.5) is 0 Å². The van der Waals surface area contributed by atoms with Crippen LogP contribution in [-0.4, -0.2) is 61.4 Å². The molecule has 0 aromatic heterocycles. The maximum Gasteiger partial charge on any atom is 0.241 e. The van der Waals surface area contributed by atoms with Crippen molar-refractivity contribution in [3.63, 3.8) is 0 Å². The summed E-state index contributed by atoms with van der Waals surface area (Å²) in [6, 6.07) is 0.483. The molecule has 6 heteroatoms. The second kappa shape index (κ2) is 10.00. The first-order valence-electron chi connectivity index (χ1n) is 7.26. The number of rotatable bonds is 7. The molecule has 0 aromatic carbocycles. The zero-order chi connectivity index (χ0) is 14.3. The Bertz CT molecular complexity index is 305. The van der Waals surface area contributed by atoms with Crippen molar-refractivity contribution < 1.29 is 9.59 Å². The molecule has 1 rings (SSSR count). The van der Waals surface area contributed by atoms with Gasteiger partial charge in [-0.1, -0.05) is 6.92 Å². The van der Waals surface area contributed by atoms with Gasteiger partial charge >= 0.3 is 0 Å². The van der Waals surface area contributed by atoms with E-state index in [0.717, 1.165) is 25.8 Å². The average Bonchev–Trinajstić information content (AvgIpc) is 2.88. The van der Waals surface area contributed by atoms with Gasteiger partial charge in [0.05, 0.1) is 6.54 Å². The molecule has 0 bridgehead atoms. The van der Waals surface area contributed by atoms with Gasteiger partial charge in [-0.2, -0.15) is 0 Å². The topological polar surface area (TPSA) is 52.7 Å². The van der Waals surface area contributed by atoms with Gasteiger partial charge in [-0.05, 0) is 32.2 Å². The Labute approximate surface area is 128 Å². The lowest BCUT2D eigenvalue weighted by Gasteiger charge is -2.24. The second-order valence-electron chi connectivity index (χ2n) is 5.44. The highest BCUT2D eigenvalue weighted by molar-refractivity contribution is 5.85. The smallest absolute Gasteiger partial charge is 0.241 e. The van der Waals surface area contributed by atoms with Crippen molar-refractivity contribution in [3.05, 3.63) is 0 Å². The summed E-state index contributed by atoms with van der Waals surface area (Å²) < 4.78 is 0. The van der Waals surface area contributed by atoms with Crippen molar-refractivity contribution in [2.75, 3.05) is 33.7 Å². The number of nitrogens with zero attached hydrogens (tertiary/aromatic N) is 2. The van der Waals surface area contributed by atoms with Crippen LogP contribution in [0.1, 0.15) is 39.0 Å². The van der Waals surface area contributed by atoms with Crippen LogP contribution < -0.4 is 5.32 Å². The summed E-state index contributed by atoms with van der Waals surface area (Å²) in [6.07, 6.45) is 4.68. The molecule has 0 saturated carbocycles. The normalized spacial score (nSPS) is 17.4. The van der Waals surface area contributed by atoms with E-state index in [2.05, 4.69) is 5.32 Å². The minimum absolute atomic E-state index is 0. The number of hydrogen-bond acceptors (Lipinski definition) is 3. The van der Waals surface area contributed by atoms with E-state index in [4.69, 9.17) is 0 Å². The molecule has 0 aromatic rings. The highest BCUT2D eigenvalue weighted by Gasteiger charge is 2.20. The van der Waals surface area contributed by atoms with Crippen LogP contribution in [0.3, 0.4) is 0 Å². The molecule has 1 aliphatic rings. The van der Waals surface area contributed by atoms with Gasteiger partial charge in [-0.15, -0.1) is 12.4 Å². The van der Waals surface area contributed by atoms with Gasteiger partial charge in [0, 0.05) is 33.1 Å². The Balaban J connectivity index is 0.00000361. The van der Waals surface area contributed by atoms with Gasteiger partial charge in [0.15, 0.2) is 0 Å². The van der Waals surface area contributed by atoms with Crippen LogP contribution in [0.2, 0.25) is 0 Å². The van der Waals surface area contributed by atoms with E-state index in [1.807, 2.05) is 6.92 Å². The number of nitrogens with one attached hydrogen (secondary N) is 1. The molecule has 1 unspecified atom stereocenters. The molecule has 1 atom stereocenters. The molecular formula is C14H28ClN3O2. The molecule has 1 N–H and O–H groups in total. The predicted molar refractivity (Wildman–Crippen MR) is 83.1 cm³/mol. The van der Waals surface area contributed by atoms with Gasteiger partial charge in [-0.3, -0.25) is 9.59 Å². The molecule has 1 heterocycles. The summed E-state index contributed by atoms with van der Waals surface area (Å²) in [4.78, 5) is 27.1. The number of carbonyl (C=O) groups excluding carboxylic acids is 2. The van der Waals surface area contributed by atoms with Gasteiger partial charge in [0.25, 0.3) is 0 Å². The van der Waals surface area contributed by atoms with Crippen LogP contribution in [0.5, 0.6) is 0 Å². The van der Waals surface area contributed by atoms with Crippen molar-refractivity contribution >= 4 is 24.2 Å². The fourth-order valence-electron chi connectivity index (χ4n) is 2.33. The van der Waals surface area contributed by atoms with Crippen LogP contribution in [-0.2, 0) is 9.59 Å². The molecule has 0 radical (unpaired) electrons. The fourth-order valence-corrected chi connectivity index (χ4v) is 2.33. The molecule has 0 spiro atoms. The van der Waals surface area contributed by atoms with Crippen LogP contribution in [0, 0.1) is 0 Å². The third kappa shape index (κ3) is 6.57. The van der Waals surface area contributed by atoms with E-state index in [0.29, 0.717) is 19.0 Å². The maximum absolute atomic E-state index is 12.2. The third-order valence-corrected chi connectivity index (χ3v) is 3.54. The third-order valence-electron chi connectivity index (χ3n) is 3.54. The number of hydrogen-bond donors (Lipinski definition) is 1. The SMILES string of the molecule is CCCN(CC(=O)N(C)C)C(=O)CCC1CCCN1.Cl. The molecule has 0 aliphatic carbocycles. The Kier molecular flexibility index (Phi) is 9.59. The lowest BCUT2D eigenvalue weighted by molar-refractivity contribution is -0.139. The van der Waals surface area contributed by atoms with Crippen molar-refractivity contribution in [1.29, 1.82) is 0 Å². The molecular weight excluding hydrogens is 278 g/mol. The van der Waals surface area contributed by atoms with E-state index in [9.17, 15) is 9.59 Å². The van der Waals surface area contributed by atoms with Gasteiger partial charge in [0.2, 0.25) is 11.8 Å². The van der Waals surface area contributed by atoms with Gasteiger partial charge in [0.1, 0.15) is 0 Å². The van der Waals surface area contributed by atoms with E-state index in [1.54, 1.807) is 19.0 Å². The zero-order valence-corrected chi connectivity index (χ0v) is 13.7. The van der Waals surface area contributed by atoms with Crippen molar-refractivity contribution in [2.45, 2.75) is 45.1 Å². The van der Waals surface area contributed by atoms with E-state index < -0.39 is 0 Å². The zero-order valence-electron chi connectivity index (χ0n) is 12.9. The predicted octanol–water partition coefficient (Wildman–Crippen LogP) is 1.27. The summed E-state index contributed by atoms with van der Waals surface area (Å²) in [5.41, 5.74) is 0. The van der Waals surface area contributed by atoms with E-state index >= 15 is 0 Å². The molecule has 118 valence electrons. The van der Waals surface area contributed by atoms with Crippen LogP contribution >= 0.6 is 12.4 Å². The molecule has 5 nitrogen and oxygen atoms in total. The van der Waals surface area contributed by atoms with Gasteiger partial charge in [-0.25, -0.2) is 0 Å². The number of amides is 2. The molecule has 1 saturated heterocycles. The summed E-state index contributed by atoms with van der Waals surface area (Å²) >= 11 is 0. The molecule has 1 aliphatic heterocycles. The highest BCUT2D eigenvalue weighted by atomic mass is 35.5. The molecule has 20 heavy (non-hydrogen) atoms. The lowest BCUT2D eigenvalue weighted by Crippen LogP contribution is -2.41. The van der Waals surface area contributed by atoms with Gasteiger partial charge < -0.3 is 15.1 Å². The Morgan fingerprint density at radius 3 is 2.45 bits per heavy atom. The standard InChI is InChI=1S/C14H27N3O2.ClH/c1-4-10-17(11-14(19)16(2)3)13(18)8-7-12-6-5-9-15-12;/h12,15H,4-11H2,1-3H3;1H. The highest BCUT2D eigenvalue weighted by Crippen LogP contribution is 2.12. The average molecular weight is 306 g/mol. The lowest BCUT2D eigenvalue weighted by atomic mass is 10.1. The summed E-state index contributed by atoms with van der Waals surface area (Å²) in [5, 5.41) is 3.40. The largest absolute Gasteiger partial charge is 0.347 e. The first-order valence-corrected chi connectivity index (χ1v) is 7.26. The van der Waals surface area contributed by atoms with Crippen molar-refractivity contribution in [3.8, 4) is 0 Å².